The summed E-state index contributed by atoms with van der Waals surface area (Å²) in [5.74, 6) is 0. The van der Waals surface area contributed by atoms with Crippen LogP contribution in [0.3, 0.4) is 0 Å². The van der Waals surface area contributed by atoms with Gasteiger partial charge in [-0.05, 0) is 44.7 Å². The molecule has 0 aliphatic carbocycles. The van der Waals surface area contributed by atoms with Crippen LogP contribution in [-0.4, -0.2) is 41.9 Å². The largest absolute Gasteiger partial charge is 0.444 e. The van der Waals surface area contributed by atoms with Gasteiger partial charge in [-0.3, -0.25) is 4.99 Å². The molecule has 1 unspecified atom stereocenters. The molecular weight excluding hydrogens is 288 g/mol. The molecule has 0 bridgehead atoms. The number of aliphatic imine (C=N–C) groups is 1. The summed E-state index contributed by atoms with van der Waals surface area (Å²) in [5, 5.41) is 0. The van der Waals surface area contributed by atoms with Crippen LogP contribution in [0, 0.1) is 0 Å². The predicted molar refractivity (Wildman–Crippen MR) is 92.7 cm³/mol. The lowest BCUT2D eigenvalue weighted by Gasteiger charge is -2.32. The van der Waals surface area contributed by atoms with Crippen molar-refractivity contribution in [3.8, 4) is 0 Å². The highest BCUT2D eigenvalue weighted by molar-refractivity contribution is 5.97. The van der Waals surface area contributed by atoms with Crippen molar-refractivity contribution in [3.05, 3.63) is 41.5 Å². The van der Waals surface area contributed by atoms with Crippen molar-refractivity contribution in [2.24, 2.45) is 4.99 Å². The van der Waals surface area contributed by atoms with E-state index < -0.39 is 5.60 Å². The number of ether oxygens (including phenoxy) is 1. The highest BCUT2D eigenvalue weighted by Gasteiger charge is 2.29. The quantitative estimate of drug-likeness (QED) is 0.830. The fourth-order valence-corrected chi connectivity index (χ4v) is 2.95. The van der Waals surface area contributed by atoms with Crippen molar-refractivity contribution in [2.75, 3.05) is 13.1 Å². The molecule has 0 saturated carbocycles. The molecular formula is C19H24N2O2. The molecule has 2 aliphatic heterocycles. The van der Waals surface area contributed by atoms with Crippen molar-refractivity contribution in [2.45, 2.75) is 45.3 Å². The second-order valence-corrected chi connectivity index (χ2v) is 7.09. The number of amides is 1. The summed E-state index contributed by atoms with van der Waals surface area (Å²) in [6.07, 6.45) is 3.57. The summed E-state index contributed by atoms with van der Waals surface area (Å²) < 4.78 is 5.46. The Morgan fingerprint density at radius 3 is 2.30 bits per heavy atom. The third-order valence-electron chi connectivity index (χ3n) is 4.08. The Labute approximate surface area is 137 Å². The van der Waals surface area contributed by atoms with E-state index in [1.807, 2.05) is 38.0 Å². The van der Waals surface area contributed by atoms with Crippen molar-refractivity contribution >= 4 is 17.9 Å². The number of hydrogen-bond acceptors (Lipinski definition) is 3. The number of likely N-dealkylation sites (tertiary alicyclic amines) is 1. The molecule has 2 heterocycles. The Hall–Kier alpha value is -2.10. The molecule has 23 heavy (non-hydrogen) atoms. The van der Waals surface area contributed by atoms with Gasteiger partial charge in [-0.2, -0.15) is 0 Å². The van der Waals surface area contributed by atoms with Crippen LogP contribution in [-0.2, 0) is 4.74 Å². The van der Waals surface area contributed by atoms with Gasteiger partial charge in [0.05, 0.1) is 0 Å². The third kappa shape index (κ3) is 4.01. The standard InChI is InChI=1S/C19H24N2O2/c1-19(2,3)23-18(22)21-11-9-15(10-12-21)17(16-13-20-16)14-7-5-4-6-8-14/h4-8,13,16H,9-12H2,1-3H3. The molecule has 0 spiro atoms. The van der Waals surface area contributed by atoms with Gasteiger partial charge in [0.1, 0.15) is 11.6 Å². The normalized spacial score (nSPS) is 20.4. The van der Waals surface area contributed by atoms with Gasteiger partial charge in [-0.1, -0.05) is 35.9 Å². The van der Waals surface area contributed by atoms with Gasteiger partial charge >= 0.3 is 6.09 Å². The zero-order chi connectivity index (χ0) is 16.4. The summed E-state index contributed by atoms with van der Waals surface area (Å²) in [7, 11) is 0. The molecule has 1 atom stereocenters. The van der Waals surface area contributed by atoms with Gasteiger partial charge in [0.15, 0.2) is 0 Å². The lowest BCUT2D eigenvalue weighted by Crippen LogP contribution is -2.40. The van der Waals surface area contributed by atoms with Crippen LogP contribution in [0.4, 0.5) is 4.79 Å². The van der Waals surface area contributed by atoms with Gasteiger partial charge in [0.25, 0.3) is 0 Å². The second-order valence-electron chi connectivity index (χ2n) is 7.09. The van der Waals surface area contributed by atoms with Gasteiger partial charge in [-0.15, -0.1) is 0 Å². The van der Waals surface area contributed by atoms with E-state index in [1.165, 1.54) is 16.7 Å². The summed E-state index contributed by atoms with van der Waals surface area (Å²) >= 11 is 0. The van der Waals surface area contributed by atoms with Gasteiger partial charge in [0.2, 0.25) is 0 Å². The molecule has 1 amide bonds. The van der Waals surface area contributed by atoms with E-state index in [4.69, 9.17) is 4.74 Å². The fraction of sp³-hybridized carbons (Fsp3) is 0.474. The minimum absolute atomic E-state index is 0.208. The monoisotopic (exact) mass is 312 g/mol. The van der Waals surface area contributed by atoms with E-state index in [-0.39, 0.29) is 12.1 Å². The van der Waals surface area contributed by atoms with Crippen molar-refractivity contribution < 1.29 is 9.53 Å². The van der Waals surface area contributed by atoms with Crippen LogP contribution in [0.25, 0.3) is 5.57 Å². The van der Waals surface area contributed by atoms with Gasteiger partial charge in [-0.25, -0.2) is 4.79 Å². The first-order valence-electron chi connectivity index (χ1n) is 8.22. The molecule has 1 fully saturated rings. The topological polar surface area (TPSA) is 41.9 Å². The average molecular weight is 312 g/mol. The third-order valence-corrected chi connectivity index (χ3v) is 4.08. The highest BCUT2D eigenvalue weighted by atomic mass is 16.6. The first-order chi connectivity index (χ1) is 10.9. The van der Waals surface area contributed by atoms with Crippen LogP contribution in [0.2, 0.25) is 0 Å². The number of nitrogens with zero attached hydrogens (tertiary/aromatic N) is 2. The summed E-state index contributed by atoms with van der Waals surface area (Å²) in [6, 6.07) is 10.7. The lowest BCUT2D eigenvalue weighted by molar-refractivity contribution is 0.0236. The first-order valence-corrected chi connectivity index (χ1v) is 8.22. The van der Waals surface area contributed by atoms with Crippen LogP contribution < -0.4 is 0 Å². The SMILES string of the molecule is CC(C)(C)OC(=O)N1CCC(=C(c2ccccc2)C2C=N2)CC1. The minimum atomic E-state index is -0.440. The zero-order valence-electron chi connectivity index (χ0n) is 14.1. The summed E-state index contributed by atoms with van der Waals surface area (Å²) in [4.78, 5) is 18.3. The molecule has 0 N–H and O–H groups in total. The average Bonchev–Trinajstić information content (AvgIpc) is 3.32. The number of piperidine rings is 1. The van der Waals surface area contributed by atoms with Crippen LogP contribution in [0.15, 0.2) is 40.9 Å². The Balaban J connectivity index is 1.70. The second kappa shape index (κ2) is 6.19. The molecule has 0 aromatic heterocycles. The molecule has 0 radical (unpaired) electrons. The maximum absolute atomic E-state index is 12.2. The van der Waals surface area contributed by atoms with Crippen molar-refractivity contribution in [1.82, 2.24) is 4.90 Å². The first kappa shape index (κ1) is 15.8. The molecule has 4 heteroatoms. The van der Waals surface area contributed by atoms with E-state index >= 15 is 0 Å². The number of benzene rings is 1. The molecule has 122 valence electrons. The Morgan fingerprint density at radius 1 is 1.17 bits per heavy atom. The maximum Gasteiger partial charge on any atom is 0.410 e. The van der Waals surface area contributed by atoms with E-state index in [0.717, 1.165) is 12.8 Å². The minimum Gasteiger partial charge on any atom is -0.444 e. The molecule has 1 saturated heterocycles. The molecule has 1 aromatic carbocycles. The lowest BCUT2D eigenvalue weighted by atomic mass is 9.91. The Bertz CT molecular complexity index is 625. The van der Waals surface area contributed by atoms with Crippen molar-refractivity contribution in [3.63, 3.8) is 0 Å². The van der Waals surface area contributed by atoms with Crippen LogP contribution in [0.1, 0.15) is 39.2 Å². The summed E-state index contributed by atoms with van der Waals surface area (Å²) in [6.45, 7) is 7.13. The predicted octanol–water partition coefficient (Wildman–Crippen LogP) is 3.92. The van der Waals surface area contributed by atoms with Gasteiger partial charge < -0.3 is 9.64 Å². The summed E-state index contributed by atoms with van der Waals surface area (Å²) in [5.41, 5.74) is 3.55. The van der Waals surface area contributed by atoms with Crippen molar-refractivity contribution in [1.29, 1.82) is 0 Å². The zero-order valence-corrected chi connectivity index (χ0v) is 14.1. The van der Waals surface area contributed by atoms with E-state index in [9.17, 15) is 4.79 Å². The number of rotatable bonds is 2. The van der Waals surface area contributed by atoms with Gasteiger partial charge in [0, 0.05) is 19.3 Å². The number of hydrogen-bond donors (Lipinski definition) is 0. The Morgan fingerprint density at radius 2 is 1.78 bits per heavy atom. The molecule has 1 aromatic rings. The van der Waals surface area contributed by atoms with Crippen LogP contribution >= 0.6 is 0 Å². The van der Waals surface area contributed by atoms with E-state index in [0.29, 0.717) is 13.1 Å². The fourth-order valence-electron chi connectivity index (χ4n) is 2.95. The van der Waals surface area contributed by atoms with Crippen LogP contribution in [0.5, 0.6) is 0 Å². The smallest absolute Gasteiger partial charge is 0.410 e. The molecule has 3 rings (SSSR count). The molecule has 2 aliphatic rings. The number of carbonyl (C=O) groups excluding carboxylic acids is 1. The van der Waals surface area contributed by atoms with E-state index in [2.05, 4.69) is 29.3 Å². The highest BCUT2D eigenvalue weighted by Crippen LogP contribution is 2.33. The van der Waals surface area contributed by atoms with E-state index in [1.54, 1.807) is 0 Å². The maximum atomic E-state index is 12.2. The Kier molecular flexibility index (Phi) is 4.24. The number of carbonyl (C=O) groups is 1. The molecule has 4 nitrogen and oxygen atoms in total.